The fourth-order valence-corrected chi connectivity index (χ4v) is 2.26. The Morgan fingerprint density at radius 2 is 1.08 bits per heavy atom. The number of benzene rings is 2. The van der Waals surface area contributed by atoms with Crippen LogP contribution in [0.2, 0.25) is 10.0 Å². The van der Waals surface area contributed by atoms with Crippen LogP contribution in [0.25, 0.3) is 0 Å². The first-order chi connectivity index (χ1) is 12.6. The first-order valence-electron chi connectivity index (χ1n) is 7.16. The Kier molecular flexibility index (Phi) is 9.27. The summed E-state index contributed by atoms with van der Waals surface area (Å²) in [5.74, 6) is 1.23. The molecule has 0 radical (unpaired) electrons. The minimum absolute atomic E-state index is 0.194. The third-order valence-electron chi connectivity index (χ3n) is 3.01. The third kappa shape index (κ3) is 6.81. The molecule has 0 atom stereocenters. The molecule has 0 amide bonds. The molecule has 0 N–H and O–H groups in total. The summed E-state index contributed by atoms with van der Waals surface area (Å²) in [4.78, 5) is 8.61. The Morgan fingerprint density at radius 1 is 0.692 bits per heavy atom. The quantitative estimate of drug-likeness (QED) is 0.288. The molecule has 0 unspecified atom stereocenters. The molecule has 1 heterocycles. The van der Waals surface area contributed by atoms with E-state index in [1.54, 1.807) is 24.6 Å². The van der Waals surface area contributed by atoms with E-state index in [2.05, 4.69) is 9.98 Å². The van der Waals surface area contributed by atoms with Crippen molar-refractivity contribution in [3.8, 4) is 0 Å². The van der Waals surface area contributed by atoms with Crippen LogP contribution in [-0.2, 0) is 13.1 Å². The number of para-hydroxylation sites is 2. The molecule has 0 fully saturated rings. The Labute approximate surface area is 176 Å². The van der Waals surface area contributed by atoms with Crippen LogP contribution in [0.15, 0.2) is 75.1 Å². The van der Waals surface area contributed by atoms with E-state index in [-0.39, 0.29) is 13.1 Å². The van der Waals surface area contributed by atoms with E-state index < -0.39 is 0 Å². The van der Waals surface area contributed by atoms with Crippen LogP contribution in [0.1, 0.15) is 11.5 Å². The van der Waals surface area contributed by atoms with E-state index in [0.717, 1.165) is 0 Å². The van der Waals surface area contributed by atoms with Crippen molar-refractivity contribution in [2.45, 2.75) is 0 Å². The topological polar surface area (TPSA) is 37.9 Å². The molecule has 0 spiro atoms. The first kappa shape index (κ1) is 21.0. The minimum atomic E-state index is 0.194. The maximum atomic E-state index is 6.05. The van der Waals surface area contributed by atoms with Crippen molar-refractivity contribution in [2.24, 2.45) is 9.98 Å². The van der Waals surface area contributed by atoms with Gasteiger partial charge in [-0.3, -0.25) is 9.98 Å². The molecule has 3 rings (SSSR count). The first-order valence-corrected chi connectivity index (χ1v) is 11.0. The van der Waals surface area contributed by atoms with Crippen LogP contribution in [-0.4, -0.2) is 12.4 Å². The van der Waals surface area contributed by atoms with Gasteiger partial charge in [0.05, 0.1) is 33.8 Å². The molecule has 3 nitrogen and oxygen atoms in total. The van der Waals surface area contributed by atoms with Crippen LogP contribution in [0.3, 0.4) is 0 Å². The molecule has 0 saturated heterocycles. The van der Waals surface area contributed by atoms with Crippen molar-refractivity contribution in [2.75, 3.05) is 0 Å². The van der Waals surface area contributed by atoms with Crippen LogP contribution >= 0.6 is 43.4 Å². The normalized spacial score (nSPS) is 11.1. The predicted molar refractivity (Wildman–Crippen MR) is 108 cm³/mol. The van der Waals surface area contributed by atoms with Gasteiger partial charge in [-0.05, 0) is 36.4 Å². The van der Waals surface area contributed by atoms with E-state index in [4.69, 9.17) is 47.8 Å². The molecule has 136 valence electrons. The summed E-state index contributed by atoms with van der Waals surface area (Å²) in [6.07, 6.45) is 3.24. The zero-order valence-corrected chi connectivity index (χ0v) is 17.2. The Hall–Kier alpha value is -1.26. The van der Waals surface area contributed by atoms with Gasteiger partial charge in [-0.2, -0.15) is 0 Å². The molecule has 26 heavy (non-hydrogen) atoms. The molecular weight excluding hydrogens is 458 g/mol. The summed E-state index contributed by atoms with van der Waals surface area (Å²) in [5, 5.41) is 1.19. The van der Waals surface area contributed by atoms with Gasteiger partial charge in [0.1, 0.15) is 11.5 Å². The Bertz CT molecular complexity index is 826. The summed E-state index contributed by atoms with van der Waals surface area (Å²) >= 11 is 12.3. The van der Waals surface area contributed by atoms with Crippen LogP contribution < -0.4 is 0 Å². The van der Waals surface area contributed by atoms with Gasteiger partial charge >= 0.3 is 33.3 Å². The molecule has 8 heteroatoms. The van der Waals surface area contributed by atoms with Crippen LogP contribution in [0.4, 0.5) is 11.4 Å². The molecule has 2 aromatic carbocycles. The molecule has 0 saturated carbocycles. The van der Waals surface area contributed by atoms with E-state index >= 15 is 0 Å². The average Bonchev–Trinajstić information content (AvgIpc) is 3.09. The number of halogens is 4. The second-order valence-electron chi connectivity index (χ2n) is 4.71. The fraction of sp³-hybridized carbons (Fsp3) is 0. The Morgan fingerprint density at radius 3 is 1.46 bits per heavy atom. The SMILES string of the molecule is Clc1ccccc1N=Cc1ccc(C=Nc2ccccc2Cl)o1.[Cl][Fe][Cl]. The van der Waals surface area contributed by atoms with Crippen molar-refractivity contribution in [1.29, 1.82) is 0 Å². The van der Waals surface area contributed by atoms with Gasteiger partial charge in [-0.1, -0.05) is 47.5 Å². The number of nitrogens with zero attached hydrogens (tertiary/aromatic N) is 2. The van der Waals surface area contributed by atoms with Gasteiger partial charge in [0.2, 0.25) is 0 Å². The summed E-state index contributed by atoms with van der Waals surface area (Å²) in [6.45, 7) is 0. The Balaban J connectivity index is 0.000000758. The number of hydrogen-bond acceptors (Lipinski definition) is 3. The van der Waals surface area contributed by atoms with Crippen molar-refractivity contribution in [1.82, 2.24) is 0 Å². The number of furan rings is 1. The molecule has 0 bridgehead atoms. The second kappa shape index (κ2) is 11.5. The van der Waals surface area contributed by atoms with Gasteiger partial charge in [0.15, 0.2) is 0 Å². The predicted octanol–water partition coefficient (Wildman–Crippen LogP) is 7.46. The molecule has 0 aliphatic rings. The van der Waals surface area contributed by atoms with Crippen molar-refractivity contribution in [3.63, 3.8) is 0 Å². The zero-order chi connectivity index (χ0) is 18.8. The number of aliphatic imine (C=N–C) groups is 2. The van der Waals surface area contributed by atoms with Crippen molar-refractivity contribution < 1.29 is 17.6 Å². The monoisotopic (exact) mass is 468 g/mol. The van der Waals surface area contributed by atoms with Crippen LogP contribution in [0.5, 0.6) is 0 Å². The summed E-state index contributed by atoms with van der Waals surface area (Å²) in [5.41, 5.74) is 1.38. The van der Waals surface area contributed by atoms with Gasteiger partial charge in [-0.15, -0.1) is 0 Å². The molecule has 0 aliphatic heterocycles. The maximum absolute atomic E-state index is 6.05. The van der Waals surface area contributed by atoms with E-state index in [1.165, 1.54) is 0 Å². The van der Waals surface area contributed by atoms with Gasteiger partial charge in [0, 0.05) is 0 Å². The molecule has 0 aliphatic carbocycles. The van der Waals surface area contributed by atoms with Crippen LogP contribution in [0, 0.1) is 0 Å². The van der Waals surface area contributed by atoms with Gasteiger partial charge in [0.25, 0.3) is 0 Å². The van der Waals surface area contributed by atoms with E-state index in [1.807, 2.05) is 48.5 Å². The second-order valence-corrected chi connectivity index (χ2v) is 7.35. The average molecular weight is 470 g/mol. The molecule has 1 aromatic heterocycles. The zero-order valence-electron chi connectivity index (χ0n) is 13.1. The van der Waals surface area contributed by atoms with Crippen molar-refractivity contribution in [3.05, 3.63) is 82.2 Å². The fourth-order valence-electron chi connectivity index (χ4n) is 1.89. The van der Waals surface area contributed by atoms with E-state index in [0.29, 0.717) is 32.9 Å². The molecule has 3 aromatic rings. The standard InChI is InChI=1S/C18H12Cl2N2O.2ClH.Fe/c19-15-5-1-3-7-17(15)21-11-13-9-10-14(23-13)12-22-18-8-4-2-6-16(18)20;;;/h1-12H;2*1H;/q;;;+2/p-2. The van der Waals surface area contributed by atoms with Crippen molar-refractivity contribution >= 4 is 67.2 Å². The third-order valence-corrected chi connectivity index (χ3v) is 3.65. The van der Waals surface area contributed by atoms with E-state index in [9.17, 15) is 0 Å². The number of hydrogen-bond donors (Lipinski definition) is 0. The van der Waals surface area contributed by atoms with Gasteiger partial charge in [-0.25, -0.2) is 0 Å². The number of rotatable bonds is 4. The summed E-state index contributed by atoms with van der Waals surface area (Å²) in [6, 6.07) is 18.3. The molecular formula is C18H12Cl4FeN2O. The van der Waals surface area contributed by atoms with Gasteiger partial charge < -0.3 is 4.42 Å². The summed E-state index contributed by atoms with van der Waals surface area (Å²) in [7, 11) is 9.53. The summed E-state index contributed by atoms with van der Waals surface area (Å²) < 4.78 is 5.62.